The maximum absolute atomic E-state index is 12.0. The molecule has 19 heavy (non-hydrogen) atoms. The quantitative estimate of drug-likeness (QED) is 0.795. The third-order valence-electron chi connectivity index (χ3n) is 3.90. The van der Waals surface area contributed by atoms with Gasteiger partial charge >= 0.3 is 0 Å². The van der Waals surface area contributed by atoms with Gasteiger partial charge in [0, 0.05) is 12.2 Å². The number of benzene rings is 1. The van der Waals surface area contributed by atoms with Crippen LogP contribution in [-0.4, -0.2) is 28.6 Å². The lowest BCUT2D eigenvalue weighted by Crippen LogP contribution is -2.50. The molecule has 2 saturated heterocycles. The van der Waals surface area contributed by atoms with Crippen LogP contribution < -0.4 is 5.11 Å². The number of hydrogen-bond donors (Lipinski definition) is 0. The topological polar surface area (TPSA) is 60.4 Å². The van der Waals surface area contributed by atoms with Gasteiger partial charge in [-0.1, -0.05) is 29.8 Å². The van der Waals surface area contributed by atoms with Crippen LogP contribution in [0, 0.1) is 6.92 Å². The fourth-order valence-corrected chi connectivity index (χ4v) is 4.57. The van der Waals surface area contributed by atoms with Gasteiger partial charge in [-0.15, -0.1) is 11.8 Å². The Morgan fingerprint density at radius 1 is 1.42 bits per heavy atom. The summed E-state index contributed by atoms with van der Waals surface area (Å²) < 4.78 is 0. The summed E-state index contributed by atoms with van der Waals surface area (Å²) in [5.41, 5.74) is 2.16. The Bertz CT molecular complexity index is 542. The molecule has 0 aliphatic carbocycles. The largest absolute Gasteiger partial charge is 0.548 e. The molecule has 2 aliphatic rings. The summed E-state index contributed by atoms with van der Waals surface area (Å²) >= 11 is 1.54. The number of carboxylic acids is 1. The molecule has 1 aromatic carbocycles. The van der Waals surface area contributed by atoms with Crippen molar-refractivity contribution in [3.05, 3.63) is 35.4 Å². The van der Waals surface area contributed by atoms with Crippen molar-refractivity contribution in [3.63, 3.8) is 0 Å². The van der Waals surface area contributed by atoms with Crippen molar-refractivity contribution in [2.24, 2.45) is 0 Å². The van der Waals surface area contributed by atoms with Gasteiger partial charge < -0.3 is 14.8 Å². The molecule has 3 rings (SSSR count). The zero-order valence-electron chi connectivity index (χ0n) is 10.6. The predicted molar refractivity (Wildman–Crippen MR) is 70.2 cm³/mol. The van der Waals surface area contributed by atoms with Crippen LogP contribution in [0.25, 0.3) is 0 Å². The highest BCUT2D eigenvalue weighted by molar-refractivity contribution is 8.00. The first-order valence-corrected chi connectivity index (χ1v) is 7.27. The Morgan fingerprint density at radius 3 is 2.74 bits per heavy atom. The molecule has 2 fully saturated rings. The lowest BCUT2D eigenvalue weighted by molar-refractivity contribution is -0.310. The Kier molecular flexibility index (Phi) is 2.82. The van der Waals surface area contributed by atoms with E-state index >= 15 is 0 Å². The molecular weight excluding hydrogens is 262 g/mol. The molecule has 0 spiro atoms. The van der Waals surface area contributed by atoms with Crippen LogP contribution in [0.15, 0.2) is 24.3 Å². The second kappa shape index (κ2) is 4.27. The fourth-order valence-electron chi connectivity index (χ4n) is 2.93. The number of rotatable bonds is 2. The number of carbonyl (C=O) groups is 2. The summed E-state index contributed by atoms with van der Waals surface area (Å²) in [4.78, 5) is 24.3. The first-order chi connectivity index (χ1) is 9.04. The maximum atomic E-state index is 12.0. The van der Waals surface area contributed by atoms with E-state index in [1.54, 1.807) is 11.8 Å². The summed E-state index contributed by atoms with van der Waals surface area (Å²) in [6, 6.07) is 7.17. The second-order valence-corrected chi connectivity index (χ2v) is 6.36. The highest BCUT2D eigenvalue weighted by Crippen LogP contribution is 2.54. The van der Waals surface area contributed by atoms with Gasteiger partial charge in [0.1, 0.15) is 4.87 Å². The molecule has 2 atom stereocenters. The molecule has 0 aromatic heterocycles. The van der Waals surface area contributed by atoms with Crippen LogP contribution in [0.2, 0.25) is 0 Å². The van der Waals surface area contributed by atoms with Crippen molar-refractivity contribution >= 4 is 23.6 Å². The molecule has 100 valence electrons. The highest BCUT2D eigenvalue weighted by atomic mass is 32.2. The number of aliphatic carboxylic acids is 1. The summed E-state index contributed by atoms with van der Waals surface area (Å²) in [6.07, 6.45) is 1.08. The molecule has 0 unspecified atom stereocenters. The lowest BCUT2D eigenvalue weighted by atomic mass is 10.0. The average molecular weight is 276 g/mol. The van der Waals surface area contributed by atoms with Crippen molar-refractivity contribution in [2.45, 2.75) is 30.7 Å². The number of carbonyl (C=O) groups excluding carboxylic acids is 2. The van der Waals surface area contributed by atoms with Gasteiger partial charge in [-0.05, 0) is 18.9 Å². The minimum Gasteiger partial charge on any atom is -0.548 e. The average Bonchev–Trinajstić information content (AvgIpc) is 2.90. The monoisotopic (exact) mass is 276 g/mol. The molecule has 2 aliphatic heterocycles. The number of amides is 1. The van der Waals surface area contributed by atoms with Crippen LogP contribution in [0.3, 0.4) is 0 Å². The molecule has 0 N–H and O–H groups in total. The van der Waals surface area contributed by atoms with E-state index in [1.165, 1.54) is 4.90 Å². The van der Waals surface area contributed by atoms with Crippen molar-refractivity contribution < 1.29 is 14.7 Å². The van der Waals surface area contributed by atoms with Gasteiger partial charge in [0.05, 0.1) is 12.0 Å². The van der Waals surface area contributed by atoms with E-state index in [-0.39, 0.29) is 5.91 Å². The Hall–Kier alpha value is -1.49. The van der Waals surface area contributed by atoms with E-state index in [9.17, 15) is 14.7 Å². The Balaban J connectivity index is 2.05. The third kappa shape index (κ3) is 1.75. The van der Waals surface area contributed by atoms with Crippen LogP contribution in [0.4, 0.5) is 0 Å². The number of hydrogen-bond acceptors (Lipinski definition) is 4. The van der Waals surface area contributed by atoms with Crippen LogP contribution in [-0.2, 0) is 14.5 Å². The van der Waals surface area contributed by atoms with Gasteiger partial charge in [-0.25, -0.2) is 0 Å². The number of fused-ring (bicyclic) bond motifs is 1. The van der Waals surface area contributed by atoms with Gasteiger partial charge in [0.15, 0.2) is 0 Å². The zero-order valence-corrected chi connectivity index (χ0v) is 11.4. The zero-order chi connectivity index (χ0) is 13.6. The normalized spacial score (nSPS) is 29.6. The van der Waals surface area contributed by atoms with Crippen molar-refractivity contribution in [1.29, 1.82) is 0 Å². The van der Waals surface area contributed by atoms with Crippen LogP contribution in [0.1, 0.15) is 24.0 Å². The molecular formula is C14H14NO3S-. The fraction of sp³-hybridized carbons (Fsp3) is 0.429. The van der Waals surface area contributed by atoms with Crippen molar-refractivity contribution in [1.82, 2.24) is 4.90 Å². The van der Waals surface area contributed by atoms with Crippen molar-refractivity contribution in [2.75, 3.05) is 5.75 Å². The van der Waals surface area contributed by atoms with E-state index in [0.717, 1.165) is 11.1 Å². The van der Waals surface area contributed by atoms with Gasteiger partial charge in [0.25, 0.3) is 0 Å². The first kappa shape index (κ1) is 12.5. The summed E-state index contributed by atoms with van der Waals surface area (Å²) in [5.74, 6) is -0.835. The number of carboxylic acid groups (broad SMARTS) is 1. The van der Waals surface area contributed by atoms with Gasteiger partial charge in [0.2, 0.25) is 5.91 Å². The minimum atomic E-state index is -1.16. The maximum Gasteiger partial charge on any atom is 0.224 e. The predicted octanol–water partition coefficient (Wildman–Crippen LogP) is 0.636. The molecule has 0 bridgehead atoms. The smallest absolute Gasteiger partial charge is 0.224 e. The second-order valence-electron chi connectivity index (χ2n) is 5.06. The molecule has 1 aromatic rings. The lowest BCUT2D eigenvalue weighted by Gasteiger charge is -2.34. The van der Waals surface area contributed by atoms with Crippen LogP contribution in [0.5, 0.6) is 0 Å². The number of nitrogens with zero attached hydrogens (tertiary/aromatic N) is 1. The van der Waals surface area contributed by atoms with E-state index in [4.69, 9.17) is 0 Å². The SMILES string of the molecule is Cc1ccc([C@@]23CCC(=O)N2[C@@H](C(=O)[O-])CS3)cc1. The molecule has 1 amide bonds. The van der Waals surface area contributed by atoms with E-state index < -0.39 is 16.9 Å². The molecule has 0 radical (unpaired) electrons. The van der Waals surface area contributed by atoms with E-state index in [1.807, 2.05) is 31.2 Å². The van der Waals surface area contributed by atoms with E-state index in [2.05, 4.69) is 0 Å². The van der Waals surface area contributed by atoms with Crippen molar-refractivity contribution in [3.8, 4) is 0 Å². The molecule has 2 heterocycles. The summed E-state index contributed by atoms with van der Waals surface area (Å²) in [7, 11) is 0. The first-order valence-electron chi connectivity index (χ1n) is 6.29. The summed E-state index contributed by atoms with van der Waals surface area (Å²) in [6.45, 7) is 2.00. The van der Waals surface area contributed by atoms with E-state index in [0.29, 0.717) is 18.6 Å². The summed E-state index contributed by atoms with van der Waals surface area (Å²) in [5, 5.41) is 11.2. The van der Waals surface area contributed by atoms with Gasteiger partial charge in [-0.2, -0.15) is 0 Å². The molecule has 0 saturated carbocycles. The third-order valence-corrected chi connectivity index (χ3v) is 5.50. The Morgan fingerprint density at radius 2 is 2.11 bits per heavy atom. The van der Waals surface area contributed by atoms with Gasteiger partial charge in [-0.3, -0.25) is 4.79 Å². The minimum absolute atomic E-state index is 0.0835. The highest BCUT2D eigenvalue weighted by Gasteiger charge is 2.54. The number of aryl methyl sites for hydroxylation is 1. The molecule has 4 nitrogen and oxygen atoms in total. The standard InChI is InChI=1S/C14H15NO3S/c1-9-2-4-10(5-3-9)14-7-6-12(16)15(14)11(8-19-14)13(17)18/h2-5,11H,6-8H2,1H3,(H,17,18)/p-1/t11-,14+/m1/s1. The van der Waals surface area contributed by atoms with Crippen LogP contribution >= 0.6 is 11.8 Å². The molecule has 5 heteroatoms. The Labute approximate surface area is 115 Å². The number of thioether (sulfide) groups is 1.